The highest BCUT2D eigenvalue weighted by atomic mass is 79.9. The highest BCUT2D eigenvalue weighted by Crippen LogP contribution is 2.25. The first-order valence-electron chi connectivity index (χ1n) is 6.82. The molecule has 1 heterocycles. The summed E-state index contributed by atoms with van der Waals surface area (Å²) in [6.07, 6.45) is 1.98. The summed E-state index contributed by atoms with van der Waals surface area (Å²) in [6.45, 7) is 3.21. The maximum Gasteiger partial charge on any atom is 0.244 e. The van der Waals surface area contributed by atoms with Crippen LogP contribution in [0.5, 0.6) is 0 Å². The first-order valence-corrected chi connectivity index (χ1v) is 9.06. The Morgan fingerprint density at radius 2 is 1.95 bits per heavy atom. The van der Waals surface area contributed by atoms with E-state index in [4.69, 9.17) is 0 Å². The molecule has 1 saturated heterocycles. The molecule has 0 unspecified atom stereocenters. The zero-order chi connectivity index (χ0) is 15.6. The Morgan fingerprint density at radius 1 is 1.33 bits per heavy atom. The minimum Gasteiger partial charge on any atom is -0.342 e. The van der Waals surface area contributed by atoms with Crippen LogP contribution in [0.25, 0.3) is 0 Å². The topological polar surface area (TPSA) is 57.7 Å². The lowest BCUT2D eigenvalue weighted by molar-refractivity contribution is -0.130. The molecule has 0 aromatic heterocycles. The lowest BCUT2D eigenvalue weighted by Gasteiger charge is -2.21. The Kier molecular flexibility index (Phi) is 5.06. The number of amides is 1. The molecule has 0 bridgehead atoms. The molecule has 2 rings (SSSR count). The van der Waals surface area contributed by atoms with E-state index < -0.39 is 10.0 Å². The minimum absolute atomic E-state index is 0.122. The number of benzene rings is 1. The Bertz CT molecular complexity index is 640. The molecule has 0 spiro atoms. The van der Waals surface area contributed by atoms with Crippen molar-refractivity contribution in [1.29, 1.82) is 0 Å². The van der Waals surface area contributed by atoms with E-state index in [0.717, 1.165) is 35.8 Å². The van der Waals surface area contributed by atoms with E-state index in [1.54, 1.807) is 23.1 Å². The summed E-state index contributed by atoms with van der Waals surface area (Å²) in [7, 11) is -2.23. The normalized spacial score (nSPS) is 15.7. The van der Waals surface area contributed by atoms with Crippen molar-refractivity contribution in [3.05, 3.63) is 28.2 Å². The van der Waals surface area contributed by atoms with Crippen LogP contribution in [0.4, 0.5) is 0 Å². The van der Waals surface area contributed by atoms with Gasteiger partial charge in [0.25, 0.3) is 0 Å². The summed E-state index contributed by atoms with van der Waals surface area (Å²) >= 11 is 3.28. The highest BCUT2D eigenvalue weighted by molar-refractivity contribution is 9.10. The van der Waals surface area contributed by atoms with Crippen molar-refractivity contribution in [2.24, 2.45) is 0 Å². The molecule has 7 heteroatoms. The van der Waals surface area contributed by atoms with Crippen molar-refractivity contribution in [2.75, 3.05) is 26.7 Å². The van der Waals surface area contributed by atoms with Gasteiger partial charge in [0, 0.05) is 24.6 Å². The summed E-state index contributed by atoms with van der Waals surface area (Å²) in [4.78, 5) is 14.0. The van der Waals surface area contributed by atoms with Gasteiger partial charge in [-0.25, -0.2) is 8.42 Å². The second-order valence-corrected chi connectivity index (χ2v) is 8.15. The lowest BCUT2D eigenvalue weighted by Crippen LogP contribution is -2.39. The summed E-state index contributed by atoms with van der Waals surface area (Å²) in [6, 6.07) is 5.06. The molecule has 1 aliphatic rings. The quantitative estimate of drug-likeness (QED) is 0.809. The minimum atomic E-state index is -3.67. The Morgan fingerprint density at radius 3 is 2.52 bits per heavy atom. The van der Waals surface area contributed by atoms with Gasteiger partial charge in [0.2, 0.25) is 15.9 Å². The molecule has 1 aromatic carbocycles. The van der Waals surface area contributed by atoms with Gasteiger partial charge in [-0.3, -0.25) is 4.79 Å². The molecule has 21 heavy (non-hydrogen) atoms. The van der Waals surface area contributed by atoms with Gasteiger partial charge in [-0.05, 0) is 53.4 Å². The van der Waals surface area contributed by atoms with Gasteiger partial charge in [0.05, 0.1) is 11.4 Å². The number of carbonyl (C=O) groups is 1. The van der Waals surface area contributed by atoms with Crippen LogP contribution in [-0.4, -0.2) is 50.2 Å². The second kappa shape index (κ2) is 6.46. The van der Waals surface area contributed by atoms with Gasteiger partial charge in [-0.15, -0.1) is 0 Å². The number of likely N-dealkylation sites (N-methyl/N-ethyl adjacent to an activating group) is 1. The number of halogens is 1. The molecule has 0 N–H and O–H groups in total. The molecular weight excluding hydrogens is 356 g/mol. The molecule has 1 fully saturated rings. The average molecular weight is 375 g/mol. The molecule has 5 nitrogen and oxygen atoms in total. The van der Waals surface area contributed by atoms with Gasteiger partial charge in [-0.2, -0.15) is 4.31 Å². The van der Waals surface area contributed by atoms with Crippen LogP contribution < -0.4 is 0 Å². The van der Waals surface area contributed by atoms with Crippen LogP contribution in [0.1, 0.15) is 18.4 Å². The van der Waals surface area contributed by atoms with Crippen molar-refractivity contribution >= 4 is 31.9 Å². The largest absolute Gasteiger partial charge is 0.342 e. The van der Waals surface area contributed by atoms with E-state index in [-0.39, 0.29) is 17.3 Å². The average Bonchev–Trinajstić information content (AvgIpc) is 2.91. The molecule has 1 aromatic rings. The van der Waals surface area contributed by atoms with Crippen molar-refractivity contribution < 1.29 is 13.2 Å². The van der Waals surface area contributed by atoms with Crippen LogP contribution in [-0.2, 0) is 14.8 Å². The maximum atomic E-state index is 12.5. The van der Waals surface area contributed by atoms with E-state index in [2.05, 4.69) is 15.9 Å². The van der Waals surface area contributed by atoms with Crippen molar-refractivity contribution in [2.45, 2.75) is 24.7 Å². The smallest absolute Gasteiger partial charge is 0.244 e. The van der Waals surface area contributed by atoms with Crippen LogP contribution >= 0.6 is 15.9 Å². The molecule has 0 aliphatic carbocycles. The number of aryl methyl sites for hydroxylation is 1. The standard InChI is InChI=1S/C14H19BrN2O3S/c1-11-5-6-13(12(15)9-11)21(19,20)16(2)10-14(18)17-7-3-4-8-17/h5-6,9H,3-4,7-8,10H2,1-2H3. The first kappa shape index (κ1) is 16.5. The zero-order valence-corrected chi connectivity index (χ0v) is 14.6. The van der Waals surface area contributed by atoms with E-state index in [0.29, 0.717) is 4.47 Å². The highest BCUT2D eigenvalue weighted by Gasteiger charge is 2.27. The number of nitrogens with zero attached hydrogens (tertiary/aromatic N) is 2. The van der Waals surface area contributed by atoms with E-state index in [1.807, 2.05) is 6.92 Å². The van der Waals surface area contributed by atoms with Crippen molar-refractivity contribution in [3.8, 4) is 0 Å². The summed E-state index contributed by atoms with van der Waals surface area (Å²) in [5.41, 5.74) is 0.969. The zero-order valence-electron chi connectivity index (χ0n) is 12.2. The van der Waals surface area contributed by atoms with Crippen LogP contribution in [0.15, 0.2) is 27.6 Å². The molecule has 1 amide bonds. The molecule has 0 radical (unpaired) electrons. The fourth-order valence-corrected chi connectivity index (χ4v) is 4.59. The third-order valence-electron chi connectivity index (χ3n) is 3.59. The summed E-state index contributed by atoms with van der Waals surface area (Å²) in [5, 5.41) is 0. The van der Waals surface area contributed by atoms with Crippen LogP contribution in [0, 0.1) is 6.92 Å². The number of likely N-dealkylation sites (tertiary alicyclic amines) is 1. The Labute approximate surface area is 134 Å². The van der Waals surface area contributed by atoms with E-state index in [9.17, 15) is 13.2 Å². The predicted octanol–water partition coefficient (Wildman–Crippen LogP) is 2.00. The van der Waals surface area contributed by atoms with Gasteiger partial charge in [0.15, 0.2) is 0 Å². The number of hydrogen-bond acceptors (Lipinski definition) is 3. The van der Waals surface area contributed by atoms with Crippen molar-refractivity contribution in [3.63, 3.8) is 0 Å². The fraction of sp³-hybridized carbons (Fsp3) is 0.500. The Hall–Kier alpha value is -0.920. The van der Waals surface area contributed by atoms with Gasteiger partial charge in [0.1, 0.15) is 0 Å². The first-order chi connectivity index (χ1) is 9.82. The van der Waals surface area contributed by atoms with Crippen LogP contribution in [0.2, 0.25) is 0 Å². The van der Waals surface area contributed by atoms with E-state index in [1.165, 1.54) is 7.05 Å². The summed E-state index contributed by atoms with van der Waals surface area (Å²) in [5.74, 6) is -0.137. The molecule has 1 aliphatic heterocycles. The molecular formula is C14H19BrN2O3S. The van der Waals surface area contributed by atoms with Crippen molar-refractivity contribution in [1.82, 2.24) is 9.21 Å². The molecule has 0 atom stereocenters. The fourth-order valence-electron chi connectivity index (χ4n) is 2.32. The second-order valence-electron chi connectivity index (χ2n) is 5.28. The van der Waals surface area contributed by atoms with Gasteiger partial charge in [-0.1, -0.05) is 6.07 Å². The molecule has 116 valence electrons. The number of carbonyl (C=O) groups excluding carboxylic acids is 1. The number of rotatable bonds is 4. The third kappa shape index (κ3) is 3.64. The SMILES string of the molecule is Cc1ccc(S(=O)(=O)N(C)CC(=O)N2CCCC2)c(Br)c1. The molecule has 0 saturated carbocycles. The van der Waals surface area contributed by atoms with E-state index >= 15 is 0 Å². The number of hydrogen-bond donors (Lipinski definition) is 0. The summed E-state index contributed by atoms with van der Waals surface area (Å²) < 4.78 is 26.7. The monoisotopic (exact) mass is 374 g/mol. The van der Waals surface area contributed by atoms with Crippen LogP contribution in [0.3, 0.4) is 0 Å². The predicted molar refractivity (Wildman–Crippen MR) is 84.5 cm³/mol. The Balaban J connectivity index is 2.16. The maximum absolute atomic E-state index is 12.5. The van der Waals surface area contributed by atoms with Gasteiger partial charge < -0.3 is 4.90 Å². The lowest BCUT2D eigenvalue weighted by atomic mass is 10.2. The number of sulfonamides is 1. The van der Waals surface area contributed by atoms with Gasteiger partial charge >= 0.3 is 0 Å². The third-order valence-corrected chi connectivity index (χ3v) is 6.37.